The van der Waals surface area contributed by atoms with Crippen molar-refractivity contribution < 1.29 is 9.18 Å². The van der Waals surface area contributed by atoms with Crippen LogP contribution in [-0.2, 0) is 4.79 Å². The molecule has 0 aliphatic heterocycles. The highest BCUT2D eigenvalue weighted by molar-refractivity contribution is 8.00. The number of hydrogen-bond donors (Lipinski definition) is 1. The Balaban J connectivity index is 1.74. The first-order valence-electron chi connectivity index (χ1n) is 8.13. The predicted octanol–water partition coefficient (Wildman–Crippen LogP) is 4.19. The van der Waals surface area contributed by atoms with Crippen molar-refractivity contribution >= 4 is 35.0 Å². The Labute approximate surface area is 165 Å². The number of thioether (sulfide) groups is 1. The summed E-state index contributed by atoms with van der Waals surface area (Å²) in [6.45, 7) is 5.74. The molecule has 0 unspecified atom stereocenters. The van der Waals surface area contributed by atoms with Gasteiger partial charge in [0.25, 0.3) is 0 Å². The molecule has 2 aromatic carbocycles. The lowest BCUT2D eigenvalue weighted by atomic mass is 10.1. The number of rotatable bonds is 5. The normalized spacial score (nSPS) is 12.0. The summed E-state index contributed by atoms with van der Waals surface area (Å²) in [7, 11) is 0. The number of amides is 1. The highest BCUT2D eigenvalue weighted by Gasteiger charge is 2.20. The maximum atomic E-state index is 13.2. The summed E-state index contributed by atoms with van der Waals surface area (Å²) < 4.78 is 14.8. The Morgan fingerprint density at radius 3 is 2.74 bits per heavy atom. The molecule has 1 amide bonds. The summed E-state index contributed by atoms with van der Waals surface area (Å²) >= 11 is 6.97. The number of aryl methyl sites for hydroxylation is 2. The van der Waals surface area contributed by atoms with E-state index in [1.807, 2.05) is 32.0 Å². The monoisotopic (exact) mass is 405 g/mol. The van der Waals surface area contributed by atoms with Gasteiger partial charge in [-0.2, -0.15) is 4.68 Å². The average molecular weight is 406 g/mol. The molecule has 6 nitrogen and oxygen atoms in total. The second-order valence-corrected chi connectivity index (χ2v) is 7.76. The van der Waals surface area contributed by atoms with Gasteiger partial charge >= 0.3 is 0 Å². The smallest absolute Gasteiger partial charge is 0.237 e. The second-order valence-electron chi connectivity index (χ2n) is 6.04. The number of aromatic nitrogens is 4. The zero-order valence-corrected chi connectivity index (χ0v) is 16.5. The lowest BCUT2D eigenvalue weighted by molar-refractivity contribution is -0.115. The van der Waals surface area contributed by atoms with Gasteiger partial charge in [0.15, 0.2) is 0 Å². The molecular weight excluding hydrogens is 389 g/mol. The van der Waals surface area contributed by atoms with E-state index in [1.54, 1.807) is 11.6 Å². The zero-order valence-electron chi connectivity index (χ0n) is 14.9. The summed E-state index contributed by atoms with van der Waals surface area (Å²) in [5.41, 5.74) is 3.45. The number of hydrogen-bond acceptors (Lipinski definition) is 5. The zero-order chi connectivity index (χ0) is 19.6. The molecule has 0 spiro atoms. The Kier molecular flexibility index (Phi) is 5.76. The summed E-state index contributed by atoms with van der Waals surface area (Å²) in [4.78, 5) is 12.4. The fraction of sp³-hybridized carbons (Fsp3) is 0.222. The molecule has 140 valence electrons. The average Bonchev–Trinajstić information content (AvgIpc) is 3.06. The minimum absolute atomic E-state index is 0.0492. The van der Waals surface area contributed by atoms with E-state index in [-0.39, 0.29) is 10.9 Å². The van der Waals surface area contributed by atoms with Crippen LogP contribution in [0.3, 0.4) is 0 Å². The summed E-state index contributed by atoms with van der Waals surface area (Å²) in [6.07, 6.45) is 0. The Morgan fingerprint density at radius 1 is 1.26 bits per heavy atom. The van der Waals surface area contributed by atoms with E-state index in [2.05, 4.69) is 20.8 Å². The largest absolute Gasteiger partial charge is 0.325 e. The van der Waals surface area contributed by atoms with Crippen molar-refractivity contribution in [3.8, 4) is 5.69 Å². The third-order valence-electron chi connectivity index (χ3n) is 3.86. The molecule has 0 saturated heterocycles. The molecule has 0 bridgehead atoms. The van der Waals surface area contributed by atoms with Crippen molar-refractivity contribution in [2.75, 3.05) is 5.32 Å². The molecule has 1 atom stereocenters. The Morgan fingerprint density at radius 2 is 2.04 bits per heavy atom. The van der Waals surface area contributed by atoms with Crippen molar-refractivity contribution in [3.63, 3.8) is 0 Å². The number of anilines is 1. The third kappa shape index (κ3) is 4.45. The lowest BCUT2D eigenvalue weighted by Gasteiger charge is -2.13. The van der Waals surface area contributed by atoms with E-state index in [4.69, 9.17) is 11.6 Å². The highest BCUT2D eigenvalue weighted by atomic mass is 35.5. The van der Waals surface area contributed by atoms with Gasteiger partial charge in [-0.05, 0) is 61.0 Å². The van der Waals surface area contributed by atoms with Crippen LogP contribution in [0.15, 0.2) is 41.6 Å². The first kappa shape index (κ1) is 19.3. The van der Waals surface area contributed by atoms with Crippen LogP contribution >= 0.6 is 23.4 Å². The fourth-order valence-corrected chi connectivity index (χ4v) is 3.46. The number of tetrazole rings is 1. The SMILES string of the molecule is Cc1ccc(-n2nnnc2S[C@@H](C)C(=O)Nc2ccc(F)c(Cl)c2)c(C)c1. The third-order valence-corrected chi connectivity index (χ3v) is 5.18. The standard InChI is InChI=1S/C18H17ClFN5OS/c1-10-4-7-16(11(2)8-10)25-18(22-23-24-25)27-12(3)17(26)21-13-5-6-15(20)14(19)9-13/h4-9,12H,1-3H3,(H,21,26)/t12-/m0/s1. The Hall–Kier alpha value is -2.45. The molecule has 3 rings (SSSR count). The van der Waals surface area contributed by atoms with E-state index in [0.29, 0.717) is 10.8 Å². The molecule has 0 fully saturated rings. The van der Waals surface area contributed by atoms with Gasteiger partial charge in [-0.15, -0.1) is 5.10 Å². The van der Waals surface area contributed by atoms with Gasteiger partial charge in [-0.3, -0.25) is 4.79 Å². The molecule has 9 heteroatoms. The topological polar surface area (TPSA) is 72.7 Å². The first-order chi connectivity index (χ1) is 12.8. The van der Waals surface area contributed by atoms with E-state index in [0.717, 1.165) is 16.8 Å². The molecule has 0 saturated carbocycles. The van der Waals surface area contributed by atoms with E-state index < -0.39 is 11.1 Å². The molecule has 1 heterocycles. The maximum Gasteiger partial charge on any atom is 0.237 e. The van der Waals surface area contributed by atoms with Crippen LogP contribution in [0.25, 0.3) is 5.69 Å². The molecule has 27 heavy (non-hydrogen) atoms. The van der Waals surface area contributed by atoms with Crippen molar-refractivity contribution in [3.05, 3.63) is 58.4 Å². The van der Waals surface area contributed by atoms with Gasteiger partial charge in [0.2, 0.25) is 11.1 Å². The summed E-state index contributed by atoms with van der Waals surface area (Å²) in [5.74, 6) is -0.803. The van der Waals surface area contributed by atoms with Gasteiger partial charge in [0.1, 0.15) is 5.82 Å². The van der Waals surface area contributed by atoms with Gasteiger partial charge in [-0.1, -0.05) is 41.1 Å². The van der Waals surface area contributed by atoms with Crippen molar-refractivity contribution in [1.82, 2.24) is 20.2 Å². The second kappa shape index (κ2) is 8.06. The van der Waals surface area contributed by atoms with Gasteiger partial charge in [-0.25, -0.2) is 4.39 Å². The molecule has 0 radical (unpaired) electrons. The molecule has 1 aromatic heterocycles. The summed E-state index contributed by atoms with van der Waals surface area (Å²) in [6, 6.07) is 9.99. The van der Waals surface area contributed by atoms with Crippen LogP contribution in [0.5, 0.6) is 0 Å². The molecule has 3 aromatic rings. The lowest BCUT2D eigenvalue weighted by Crippen LogP contribution is -2.23. The van der Waals surface area contributed by atoms with Crippen LogP contribution in [0.4, 0.5) is 10.1 Å². The number of carbonyl (C=O) groups is 1. The molecule has 1 N–H and O–H groups in total. The summed E-state index contributed by atoms with van der Waals surface area (Å²) in [5, 5.41) is 14.5. The fourth-order valence-electron chi connectivity index (χ4n) is 2.48. The van der Waals surface area contributed by atoms with Gasteiger partial charge in [0.05, 0.1) is 16.0 Å². The number of carbonyl (C=O) groups excluding carboxylic acids is 1. The number of halogens is 2. The number of nitrogens with zero attached hydrogens (tertiary/aromatic N) is 4. The van der Waals surface area contributed by atoms with E-state index in [9.17, 15) is 9.18 Å². The minimum Gasteiger partial charge on any atom is -0.325 e. The van der Waals surface area contributed by atoms with E-state index >= 15 is 0 Å². The van der Waals surface area contributed by atoms with E-state index in [1.165, 1.54) is 30.0 Å². The maximum absolute atomic E-state index is 13.2. The van der Waals surface area contributed by atoms with Gasteiger partial charge in [0, 0.05) is 5.69 Å². The van der Waals surface area contributed by atoms with Crippen LogP contribution in [0.1, 0.15) is 18.1 Å². The highest BCUT2D eigenvalue weighted by Crippen LogP contribution is 2.26. The minimum atomic E-state index is -0.537. The Bertz CT molecular complexity index is 994. The molecule has 0 aliphatic rings. The van der Waals surface area contributed by atoms with Crippen LogP contribution < -0.4 is 5.32 Å². The molecular formula is C18H17ClFN5OS. The van der Waals surface area contributed by atoms with Crippen molar-refractivity contribution in [1.29, 1.82) is 0 Å². The molecule has 0 aliphatic carbocycles. The van der Waals surface area contributed by atoms with Crippen molar-refractivity contribution in [2.45, 2.75) is 31.2 Å². The first-order valence-corrected chi connectivity index (χ1v) is 9.39. The number of nitrogens with one attached hydrogen (secondary N) is 1. The number of benzene rings is 2. The van der Waals surface area contributed by atoms with Crippen molar-refractivity contribution in [2.24, 2.45) is 0 Å². The quantitative estimate of drug-likeness (QED) is 0.644. The van der Waals surface area contributed by atoms with Crippen LogP contribution in [-0.4, -0.2) is 31.4 Å². The predicted molar refractivity (Wildman–Crippen MR) is 104 cm³/mol. The van der Waals surface area contributed by atoms with Gasteiger partial charge < -0.3 is 5.32 Å². The van der Waals surface area contributed by atoms with Crippen LogP contribution in [0, 0.1) is 19.7 Å². The van der Waals surface area contributed by atoms with Crippen LogP contribution in [0.2, 0.25) is 5.02 Å².